The maximum atomic E-state index is 4.69. The van der Waals surface area contributed by atoms with Gasteiger partial charge in [-0.25, -0.2) is 0 Å². The quantitative estimate of drug-likeness (QED) is 0.801. The molecule has 0 unspecified atom stereocenters. The highest BCUT2D eigenvalue weighted by Crippen LogP contribution is 2.41. The van der Waals surface area contributed by atoms with Gasteiger partial charge in [0.05, 0.1) is 5.69 Å². The van der Waals surface area contributed by atoms with Gasteiger partial charge in [0.15, 0.2) is 0 Å². The van der Waals surface area contributed by atoms with Crippen LogP contribution in [-0.2, 0) is 6.42 Å². The van der Waals surface area contributed by atoms with E-state index in [1.807, 2.05) is 7.05 Å². The monoisotopic (exact) mass is 207 g/mol. The molecule has 0 aliphatic heterocycles. The van der Waals surface area contributed by atoms with Crippen molar-refractivity contribution in [2.45, 2.75) is 45.1 Å². The summed E-state index contributed by atoms with van der Waals surface area (Å²) in [5.41, 5.74) is 2.69. The minimum absolute atomic E-state index is 0.490. The highest BCUT2D eigenvalue weighted by atomic mass is 15.3. The van der Waals surface area contributed by atoms with Crippen LogP contribution in [0.4, 0.5) is 0 Å². The van der Waals surface area contributed by atoms with Gasteiger partial charge in [-0.05, 0) is 39.8 Å². The predicted octanol–water partition coefficient (Wildman–Crippen LogP) is 2.10. The fourth-order valence-corrected chi connectivity index (χ4v) is 1.93. The third-order valence-corrected chi connectivity index (χ3v) is 2.93. The second-order valence-corrected chi connectivity index (χ2v) is 4.73. The summed E-state index contributed by atoms with van der Waals surface area (Å²) in [4.78, 5) is 0. The van der Waals surface area contributed by atoms with Gasteiger partial charge < -0.3 is 5.32 Å². The maximum Gasteiger partial charge on any atom is 0.0640 e. The summed E-state index contributed by atoms with van der Waals surface area (Å²) in [6.07, 6.45) is 3.74. The fraction of sp³-hybridized carbons (Fsp3) is 0.750. The number of rotatable bonds is 5. The van der Waals surface area contributed by atoms with Gasteiger partial charge in [-0.2, -0.15) is 5.10 Å². The molecule has 1 aromatic heterocycles. The molecular formula is C12H21N3. The molecule has 1 aliphatic rings. The molecule has 2 rings (SSSR count). The van der Waals surface area contributed by atoms with E-state index in [4.69, 9.17) is 0 Å². The molecule has 15 heavy (non-hydrogen) atoms. The summed E-state index contributed by atoms with van der Waals surface area (Å²) < 4.78 is 2.21. The molecule has 0 atom stereocenters. The van der Waals surface area contributed by atoms with Crippen molar-refractivity contribution >= 4 is 0 Å². The fourth-order valence-electron chi connectivity index (χ4n) is 1.93. The Bertz CT molecular complexity index is 304. The zero-order chi connectivity index (χ0) is 10.8. The second kappa shape index (κ2) is 4.35. The number of nitrogens with zero attached hydrogens (tertiary/aromatic N) is 2. The largest absolute Gasteiger partial charge is 0.319 e. The number of hydrogen-bond acceptors (Lipinski definition) is 2. The van der Waals surface area contributed by atoms with Crippen molar-refractivity contribution in [2.75, 3.05) is 13.6 Å². The van der Waals surface area contributed by atoms with Crippen LogP contribution < -0.4 is 5.32 Å². The van der Waals surface area contributed by atoms with E-state index in [0.29, 0.717) is 6.04 Å². The van der Waals surface area contributed by atoms with Crippen LogP contribution in [0.5, 0.6) is 0 Å². The molecule has 0 amide bonds. The third-order valence-electron chi connectivity index (χ3n) is 2.93. The lowest BCUT2D eigenvalue weighted by atomic mass is 10.2. The van der Waals surface area contributed by atoms with E-state index in [0.717, 1.165) is 18.9 Å². The topological polar surface area (TPSA) is 29.9 Å². The van der Waals surface area contributed by atoms with Crippen molar-refractivity contribution in [3.63, 3.8) is 0 Å². The van der Waals surface area contributed by atoms with Crippen molar-refractivity contribution in [1.82, 2.24) is 15.1 Å². The summed E-state index contributed by atoms with van der Waals surface area (Å²) >= 11 is 0. The van der Waals surface area contributed by atoms with E-state index in [-0.39, 0.29) is 0 Å². The molecule has 0 bridgehead atoms. The lowest BCUT2D eigenvalue weighted by Crippen LogP contribution is -2.11. The molecule has 3 nitrogen and oxygen atoms in total. The van der Waals surface area contributed by atoms with E-state index < -0.39 is 0 Å². The minimum Gasteiger partial charge on any atom is -0.319 e. The van der Waals surface area contributed by atoms with Gasteiger partial charge in [0.25, 0.3) is 0 Å². The minimum atomic E-state index is 0.490. The van der Waals surface area contributed by atoms with Gasteiger partial charge in [0.1, 0.15) is 0 Å². The van der Waals surface area contributed by atoms with Crippen LogP contribution in [0, 0.1) is 0 Å². The van der Waals surface area contributed by atoms with E-state index in [1.165, 1.54) is 24.2 Å². The molecule has 1 heterocycles. The number of aromatic nitrogens is 2. The summed E-state index contributed by atoms with van der Waals surface area (Å²) in [5.74, 6) is 0.795. The SMILES string of the molecule is CNCCc1cc(C2CC2)n(C(C)C)n1. The van der Waals surface area contributed by atoms with Crippen molar-refractivity contribution in [3.05, 3.63) is 17.5 Å². The first kappa shape index (κ1) is 10.7. The van der Waals surface area contributed by atoms with Crippen LogP contribution in [0.1, 0.15) is 50.0 Å². The van der Waals surface area contributed by atoms with Gasteiger partial charge >= 0.3 is 0 Å². The van der Waals surface area contributed by atoms with Crippen LogP contribution in [0.15, 0.2) is 6.07 Å². The normalized spacial score (nSPS) is 16.3. The van der Waals surface area contributed by atoms with Crippen molar-refractivity contribution < 1.29 is 0 Å². The lowest BCUT2D eigenvalue weighted by molar-refractivity contribution is 0.504. The Labute approximate surface area is 91.9 Å². The Hall–Kier alpha value is -0.830. The Balaban J connectivity index is 2.15. The third kappa shape index (κ3) is 2.40. The van der Waals surface area contributed by atoms with Crippen LogP contribution >= 0.6 is 0 Å². The molecule has 0 saturated heterocycles. The predicted molar refractivity (Wildman–Crippen MR) is 62.2 cm³/mol. The summed E-state index contributed by atoms with van der Waals surface area (Å²) in [6.45, 7) is 5.43. The molecule has 1 aromatic rings. The zero-order valence-corrected chi connectivity index (χ0v) is 9.95. The van der Waals surface area contributed by atoms with Crippen LogP contribution in [0.25, 0.3) is 0 Å². The molecule has 0 radical (unpaired) electrons. The Kier molecular flexibility index (Phi) is 3.10. The first-order valence-electron chi connectivity index (χ1n) is 5.95. The number of hydrogen-bond donors (Lipinski definition) is 1. The van der Waals surface area contributed by atoms with Crippen LogP contribution in [0.3, 0.4) is 0 Å². The average Bonchev–Trinajstić information content (AvgIpc) is 2.95. The van der Waals surface area contributed by atoms with E-state index >= 15 is 0 Å². The van der Waals surface area contributed by atoms with E-state index in [9.17, 15) is 0 Å². The second-order valence-electron chi connectivity index (χ2n) is 4.73. The number of likely N-dealkylation sites (N-methyl/N-ethyl adjacent to an activating group) is 1. The lowest BCUT2D eigenvalue weighted by Gasteiger charge is -2.09. The van der Waals surface area contributed by atoms with Crippen LogP contribution in [0.2, 0.25) is 0 Å². The first-order valence-corrected chi connectivity index (χ1v) is 5.95. The summed E-state index contributed by atoms with van der Waals surface area (Å²) in [7, 11) is 1.99. The van der Waals surface area contributed by atoms with E-state index in [1.54, 1.807) is 0 Å². The summed E-state index contributed by atoms with van der Waals surface area (Å²) in [5, 5.41) is 7.85. The van der Waals surface area contributed by atoms with Gasteiger partial charge in [-0.3, -0.25) is 4.68 Å². The number of nitrogens with one attached hydrogen (secondary N) is 1. The molecule has 84 valence electrons. The molecular weight excluding hydrogens is 186 g/mol. The highest BCUT2D eigenvalue weighted by Gasteiger charge is 2.28. The first-order chi connectivity index (χ1) is 7.22. The highest BCUT2D eigenvalue weighted by molar-refractivity contribution is 5.20. The van der Waals surface area contributed by atoms with Gasteiger partial charge in [0.2, 0.25) is 0 Å². The van der Waals surface area contributed by atoms with Crippen molar-refractivity contribution in [2.24, 2.45) is 0 Å². The Morgan fingerprint density at radius 2 is 2.27 bits per heavy atom. The molecule has 3 heteroatoms. The maximum absolute atomic E-state index is 4.69. The van der Waals surface area contributed by atoms with Gasteiger partial charge in [-0.15, -0.1) is 0 Å². The van der Waals surface area contributed by atoms with Gasteiger partial charge in [0, 0.05) is 30.6 Å². The zero-order valence-electron chi connectivity index (χ0n) is 9.95. The standard InChI is InChI=1S/C12H21N3/c1-9(2)15-12(10-4-5-10)8-11(14-15)6-7-13-3/h8-10,13H,4-7H2,1-3H3. The van der Waals surface area contributed by atoms with E-state index in [2.05, 4.69) is 35.0 Å². The van der Waals surface area contributed by atoms with Crippen molar-refractivity contribution in [3.8, 4) is 0 Å². The molecule has 1 saturated carbocycles. The smallest absolute Gasteiger partial charge is 0.0640 e. The van der Waals surface area contributed by atoms with Crippen molar-refractivity contribution in [1.29, 1.82) is 0 Å². The molecule has 0 aromatic carbocycles. The molecule has 1 aliphatic carbocycles. The Morgan fingerprint density at radius 3 is 2.80 bits per heavy atom. The molecule has 0 spiro atoms. The molecule has 1 fully saturated rings. The molecule has 1 N–H and O–H groups in total. The average molecular weight is 207 g/mol. The summed E-state index contributed by atoms with van der Waals surface area (Å²) in [6, 6.07) is 2.79. The van der Waals surface area contributed by atoms with Crippen LogP contribution in [-0.4, -0.2) is 23.4 Å². The Morgan fingerprint density at radius 1 is 1.53 bits per heavy atom. The van der Waals surface area contributed by atoms with Gasteiger partial charge in [-0.1, -0.05) is 0 Å².